The average Bonchev–Trinajstić information content (AvgIpc) is 2.11. The summed E-state index contributed by atoms with van der Waals surface area (Å²) in [4.78, 5) is 15.0. The molecule has 2 aromatic rings. The predicted octanol–water partition coefficient (Wildman–Crippen LogP) is 2.46. The molecule has 1 heterocycles. The Hall–Kier alpha value is -1.35. The van der Waals surface area contributed by atoms with Gasteiger partial charge in [0.05, 0.1) is 0 Å². The first kappa shape index (κ1) is 9.21. The van der Waals surface area contributed by atoms with Crippen LogP contribution in [0.5, 0.6) is 0 Å². The number of nitrogens with zero attached hydrogens (tertiary/aromatic N) is 1. The zero-order chi connectivity index (χ0) is 10.3. The van der Waals surface area contributed by atoms with Crippen molar-refractivity contribution in [1.82, 2.24) is 4.98 Å². The van der Waals surface area contributed by atoms with Gasteiger partial charge in [-0.05, 0) is 37.1 Å². The lowest BCUT2D eigenvalue weighted by Crippen LogP contribution is -2.02. The summed E-state index contributed by atoms with van der Waals surface area (Å²) in [5, 5.41) is -0.124. The third-order valence-corrected chi connectivity index (χ3v) is 2.40. The van der Waals surface area contributed by atoms with Gasteiger partial charge < -0.3 is 4.42 Å². The molecule has 0 aliphatic heterocycles. The largest absolute Gasteiger partial charge is 0.419 e. The monoisotopic (exact) mass is 209 g/mol. The first-order chi connectivity index (χ1) is 6.58. The maximum Gasteiger partial charge on any atom is 0.374 e. The van der Waals surface area contributed by atoms with Gasteiger partial charge in [-0.25, -0.2) is 9.78 Å². The third-order valence-electron chi connectivity index (χ3n) is 2.16. The van der Waals surface area contributed by atoms with Gasteiger partial charge in [0.15, 0.2) is 5.58 Å². The van der Waals surface area contributed by atoms with Crippen LogP contribution in [0.2, 0.25) is 5.15 Å². The minimum absolute atomic E-state index is 0.124. The van der Waals surface area contributed by atoms with Crippen molar-refractivity contribution >= 4 is 22.7 Å². The summed E-state index contributed by atoms with van der Waals surface area (Å²) in [7, 11) is 0. The SMILES string of the molecule is Cc1cc2nc(Cl)c(=O)oc2cc1C. The molecular weight excluding hydrogens is 202 g/mol. The lowest BCUT2D eigenvalue weighted by atomic mass is 10.1. The van der Waals surface area contributed by atoms with Gasteiger partial charge in [-0.2, -0.15) is 0 Å². The first-order valence-corrected chi connectivity index (χ1v) is 4.53. The Kier molecular flexibility index (Phi) is 2.04. The van der Waals surface area contributed by atoms with Crippen LogP contribution in [0.15, 0.2) is 21.3 Å². The van der Waals surface area contributed by atoms with Crippen LogP contribution in [0.3, 0.4) is 0 Å². The lowest BCUT2D eigenvalue weighted by Gasteiger charge is -2.01. The molecule has 3 nitrogen and oxygen atoms in total. The van der Waals surface area contributed by atoms with Crippen LogP contribution in [-0.4, -0.2) is 4.98 Å². The van der Waals surface area contributed by atoms with E-state index in [1.165, 1.54) is 0 Å². The van der Waals surface area contributed by atoms with E-state index in [2.05, 4.69) is 4.98 Å². The van der Waals surface area contributed by atoms with Crippen LogP contribution in [0.1, 0.15) is 11.1 Å². The molecular formula is C10H8ClNO2. The predicted molar refractivity (Wildman–Crippen MR) is 54.8 cm³/mol. The number of aryl methyl sites for hydroxylation is 2. The molecule has 0 saturated heterocycles. The van der Waals surface area contributed by atoms with Crippen LogP contribution < -0.4 is 5.63 Å². The topological polar surface area (TPSA) is 43.1 Å². The molecule has 1 aromatic carbocycles. The number of hydrogen-bond acceptors (Lipinski definition) is 3. The number of rotatable bonds is 0. The second-order valence-corrected chi connectivity index (χ2v) is 3.55. The molecule has 0 bridgehead atoms. The zero-order valence-corrected chi connectivity index (χ0v) is 8.55. The maximum absolute atomic E-state index is 11.1. The lowest BCUT2D eigenvalue weighted by molar-refractivity contribution is 0.555. The fourth-order valence-corrected chi connectivity index (χ4v) is 1.37. The van der Waals surface area contributed by atoms with Crippen molar-refractivity contribution in [2.45, 2.75) is 13.8 Å². The van der Waals surface area contributed by atoms with Crippen molar-refractivity contribution in [2.24, 2.45) is 0 Å². The Labute approximate surface area is 85.3 Å². The number of hydrogen-bond donors (Lipinski definition) is 0. The smallest absolute Gasteiger partial charge is 0.374 e. The van der Waals surface area contributed by atoms with Crippen LogP contribution >= 0.6 is 11.6 Å². The van der Waals surface area contributed by atoms with Gasteiger partial charge in [-0.3, -0.25) is 0 Å². The summed E-state index contributed by atoms with van der Waals surface area (Å²) >= 11 is 5.56. The molecule has 0 aliphatic carbocycles. The second kappa shape index (κ2) is 3.10. The highest BCUT2D eigenvalue weighted by molar-refractivity contribution is 6.29. The summed E-state index contributed by atoms with van der Waals surface area (Å²) in [5.74, 6) is 0. The van der Waals surface area contributed by atoms with E-state index in [-0.39, 0.29) is 5.15 Å². The Morgan fingerprint density at radius 2 is 1.93 bits per heavy atom. The van der Waals surface area contributed by atoms with Gasteiger partial charge in [0.2, 0.25) is 5.15 Å². The number of fused-ring (bicyclic) bond motifs is 1. The van der Waals surface area contributed by atoms with Crippen molar-refractivity contribution in [3.8, 4) is 0 Å². The molecule has 1 aromatic heterocycles. The van der Waals surface area contributed by atoms with E-state index in [0.29, 0.717) is 11.1 Å². The zero-order valence-electron chi connectivity index (χ0n) is 7.80. The molecule has 0 unspecified atom stereocenters. The van der Waals surface area contributed by atoms with E-state index < -0.39 is 5.63 Å². The molecule has 0 fully saturated rings. The van der Waals surface area contributed by atoms with Crippen molar-refractivity contribution in [3.05, 3.63) is 38.8 Å². The van der Waals surface area contributed by atoms with Gasteiger partial charge >= 0.3 is 5.63 Å². The molecule has 14 heavy (non-hydrogen) atoms. The second-order valence-electron chi connectivity index (χ2n) is 3.20. The first-order valence-electron chi connectivity index (χ1n) is 4.15. The van der Waals surface area contributed by atoms with Gasteiger partial charge in [-0.1, -0.05) is 11.6 Å². The highest BCUT2D eigenvalue weighted by atomic mass is 35.5. The van der Waals surface area contributed by atoms with Gasteiger partial charge in [0, 0.05) is 0 Å². The molecule has 4 heteroatoms. The fraction of sp³-hybridized carbons (Fsp3) is 0.200. The normalized spacial score (nSPS) is 10.8. The van der Waals surface area contributed by atoms with Gasteiger partial charge in [0.25, 0.3) is 0 Å². The summed E-state index contributed by atoms with van der Waals surface area (Å²) < 4.78 is 4.98. The highest BCUT2D eigenvalue weighted by Gasteiger charge is 2.05. The van der Waals surface area contributed by atoms with E-state index in [9.17, 15) is 4.79 Å². The minimum atomic E-state index is -0.595. The molecule has 0 saturated carbocycles. The van der Waals surface area contributed by atoms with Crippen LogP contribution in [0.25, 0.3) is 11.1 Å². The summed E-state index contributed by atoms with van der Waals surface area (Å²) in [6.07, 6.45) is 0. The molecule has 0 aliphatic rings. The molecule has 2 rings (SSSR count). The average molecular weight is 210 g/mol. The van der Waals surface area contributed by atoms with Gasteiger partial charge in [-0.15, -0.1) is 0 Å². The van der Waals surface area contributed by atoms with Crippen molar-refractivity contribution in [3.63, 3.8) is 0 Å². The number of aromatic nitrogens is 1. The Bertz CT molecular complexity index is 560. The van der Waals surface area contributed by atoms with Crippen molar-refractivity contribution < 1.29 is 4.42 Å². The van der Waals surface area contributed by atoms with E-state index in [0.717, 1.165) is 11.1 Å². The number of benzene rings is 1. The fourth-order valence-electron chi connectivity index (χ4n) is 1.24. The molecule has 0 radical (unpaired) electrons. The van der Waals surface area contributed by atoms with E-state index in [1.807, 2.05) is 19.9 Å². The van der Waals surface area contributed by atoms with E-state index >= 15 is 0 Å². The third kappa shape index (κ3) is 1.40. The standard InChI is InChI=1S/C10H8ClNO2/c1-5-3-7-8(4-6(5)2)14-10(13)9(11)12-7/h3-4H,1-2H3. The van der Waals surface area contributed by atoms with Crippen molar-refractivity contribution in [2.75, 3.05) is 0 Å². The molecule has 0 spiro atoms. The summed E-state index contributed by atoms with van der Waals surface area (Å²) in [6, 6.07) is 3.63. The van der Waals surface area contributed by atoms with Gasteiger partial charge in [0.1, 0.15) is 5.52 Å². The molecule has 0 N–H and O–H groups in total. The Balaban J connectivity index is 2.90. The summed E-state index contributed by atoms with van der Waals surface area (Å²) in [6.45, 7) is 3.92. The Morgan fingerprint density at radius 1 is 1.29 bits per heavy atom. The van der Waals surface area contributed by atoms with E-state index in [4.69, 9.17) is 16.0 Å². The van der Waals surface area contributed by atoms with Crippen molar-refractivity contribution in [1.29, 1.82) is 0 Å². The maximum atomic E-state index is 11.1. The molecule has 0 amide bonds. The van der Waals surface area contributed by atoms with Crippen LogP contribution in [0.4, 0.5) is 0 Å². The number of halogens is 1. The van der Waals surface area contributed by atoms with Crippen LogP contribution in [-0.2, 0) is 0 Å². The van der Waals surface area contributed by atoms with E-state index in [1.54, 1.807) is 6.07 Å². The summed E-state index contributed by atoms with van der Waals surface area (Å²) in [5.41, 5.74) is 2.64. The quantitative estimate of drug-likeness (QED) is 0.670. The highest BCUT2D eigenvalue weighted by Crippen LogP contribution is 2.17. The molecule has 72 valence electrons. The Morgan fingerprint density at radius 3 is 2.64 bits per heavy atom. The molecule has 0 atom stereocenters. The minimum Gasteiger partial charge on any atom is -0.419 e. The van der Waals surface area contributed by atoms with Crippen LogP contribution in [0, 0.1) is 13.8 Å².